The van der Waals surface area contributed by atoms with Crippen molar-refractivity contribution >= 4 is 17.8 Å². The fourth-order valence-corrected chi connectivity index (χ4v) is 2.63. The zero-order valence-electron chi connectivity index (χ0n) is 12.3. The lowest BCUT2D eigenvalue weighted by atomic mass is 9.86. The number of amides is 1. The first-order chi connectivity index (χ1) is 10.4. The normalized spacial score (nSPS) is 24.2. The number of hydrogen-bond donors (Lipinski definition) is 1. The number of carbonyl (C=O) groups is 3. The fourth-order valence-electron chi connectivity index (χ4n) is 2.63. The lowest BCUT2D eigenvalue weighted by molar-refractivity contribution is -0.158. The molecule has 7 nitrogen and oxygen atoms in total. The molecule has 1 fully saturated rings. The van der Waals surface area contributed by atoms with Crippen molar-refractivity contribution in [3.8, 4) is 0 Å². The standard InChI is InChI=1S/C15H17NO6/c1-21-12(18)9-16-11(17)8-15(20,13(16)14(19)22-2)10-6-4-3-5-7-10/h3-7,13,20H,8-9H2,1-2H3. The fraction of sp³-hybridized carbons (Fsp3) is 0.400. The number of ether oxygens (including phenoxy) is 2. The summed E-state index contributed by atoms with van der Waals surface area (Å²) < 4.78 is 9.23. The van der Waals surface area contributed by atoms with Crippen molar-refractivity contribution in [2.75, 3.05) is 20.8 Å². The molecule has 1 aromatic carbocycles. The maximum absolute atomic E-state index is 12.2. The third-order valence-corrected chi connectivity index (χ3v) is 3.73. The van der Waals surface area contributed by atoms with E-state index >= 15 is 0 Å². The number of aliphatic hydroxyl groups is 1. The first-order valence-electron chi connectivity index (χ1n) is 6.66. The van der Waals surface area contributed by atoms with Crippen LogP contribution in [0.3, 0.4) is 0 Å². The van der Waals surface area contributed by atoms with Crippen LogP contribution in [-0.2, 0) is 29.5 Å². The van der Waals surface area contributed by atoms with E-state index in [2.05, 4.69) is 4.74 Å². The van der Waals surface area contributed by atoms with Gasteiger partial charge < -0.3 is 19.5 Å². The molecular formula is C15H17NO6. The van der Waals surface area contributed by atoms with Gasteiger partial charge in [-0.3, -0.25) is 9.59 Å². The topological polar surface area (TPSA) is 93.1 Å². The highest BCUT2D eigenvalue weighted by molar-refractivity contribution is 5.93. The van der Waals surface area contributed by atoms with E-state index in [-0.39, 0.29) is 6.42 Å². The predicted molar refractivity (Wildman–Crippen MR) is 74.5 cm³/mol. The van der Waals surface area contributed by atoms with Crippen LogP contribution >= 0.6 is 0 Å². The molecule has 1 aliphatic rings. The molecule has 22 heavy (non-hydrogen) atoms. The van der Waals surface area contributed by atoms with Gasteiger partial charge in [-0.15, -0.1) is 0 Å². The van der Waals surface area contributed by atoms with Crippen LogP contribution in [0.15, 0.2) is 30.3 Å². The number of carbonyl (C=O) groups excluding carboxylic acids is 3. The Morgan fingerprint density at radius 1 is 1.27 bits per heavy atom. The van der Waals surface area contributed by atoms with E-state index in [1.807, 2.05) is 0 Å². The molecule has 2 unspecified atom stereocenters. The van der Waals surface area contributed by atoms with Crippen molar-refractivity contribution in [3.05, 3.63) is 35.9 Å². The first-order valence-corrected chi connectivity index (χ1v) is 6.66. The molecule has 0 saturated carbocycles. The summed E-state index contributed by atoms with van der Waals surface area (Å²) in [6.45, 7) is -0.426. The van der Waals surface area contributed by atoms with E-state index in [0.29, 0.717) is 5.56 Å². The van der Waals surface area contributed by atoms with Gasteiger partial charge in [0, 0.05) is 0 Å². The maximum Gasteiger partial charge on any atom is 0.332 e. The van der Waals surface area contributed by atoms with Crippen molar-refractivity contribution in [2.24, 2.45) is 0 Å². The number of hydrogen-bond acceptors (Lipinski definition) is 6. The summed E-state index contributed by atoms with van der Waals surface area (Å²) in [5.41, 5.74) is -1.34. The van der Waals surface area contributed by atoms with Gasteiger partial charge in [-0.25, -0.2) is 4.79 Å². The number of benzene rings is 1. The van der Waals surface area contributed by atoms with Gasteiger partial charge in [-0.05, 0) is 5.56 Å². The molecule has 1 saturated heterocycles. The molecule has 0 spiro atoms. The largest absolute Gasteiger partial charge is 0.468 e. The molecule has 0 aliphatic carbocycles. The smallest absolute Gasteiger partial charge is 0.332 e. The highest BCUT2D eigenvalue weighted by Crippen LogP contribution is 2.39. The Morgan fingerprint density at radius 3 is 2.45 bits per heavy atom. The highest BCUT2D eigenvalue weighted by Gasteiger charge is 2.56. The van der Waals surface area contributed by atoms with Gasteiger partial charge in [0.1, 0.15) is 12.1 Å². The second kappa shape index (κ2) is 6.15. The van der Waals surface area contributed by atoms with Crippen molar-refractivity contribution in [1.29, 1.82) is 0 Å². The van der Waals surface area contributed by atoms with Crippen molar-refractivity contribution < 1.29 is 29.0 Å². The molecule has 1 heterocycles. The Labute approximate surface area is 127 Å². The molecule has 2 rings (SSSR count). The van der Waals surface area contributed by atoms with Crippen molar-refractivity contribution in [1.82, 2.24) is 4.90 Å². The van der Waals surface area contributed by atoms with Crippen LogP contribution in [0.5, 0.6) is 0 Å². The second-order valence-electron chi connectivity index (χ2n) is 4.99. The zero-order valence-corrected chi connectivity index (χ0v) is 12.3. The van der Waals surface area contributed by atoms with Gasteiger partial charge in [-0.2, -0.15) is 0 Å². The molecule has 1 amide bonds. The summed E-state index contributed by atoms with van der Waals surface area (Å²) in [5, 5.41) is 10.9. The molecule has 7 heteroatoms. The molecule has 2 atom stereocenters. The number of esters is 2. The summed E-state index contributed by atoms with van der Waals surface area (Å²) in [6, 6.07) is 7.06. The monoisotopic (exact) mass is 307 g/mol. The minimum absolute atomic E-state index is 0.312. The summed E-state index contributed by atoms with van der Waals surface area (Å²) in [7, 11) is 2.34. The minimum Gasteiger partial charge on any atom is -0.468 e. The number of rotatable bonds is 4. The lowest BCUT2D eigenvalue weighted by Gasteiger charge is -2.31. The first kappa shape index (κ1) is 16.0. The van der Waals surface area contributed by atoms with E-state index in [4.69, 9.17) is 4.74 Å². The number of likely N-dealkylation sites (tertiary alicyclic amines) is 1. The van der Waals surface area contributed by atoms with E-state index in [9.17, 15) is 19.5 Å². The van der Waals surface area contributed by atoms with Gasteiger partial charge in [0.15, 0.2) is 6.04 Å². The van der Waals surface area contributed by atoms with Crippen LogP contribution in [0.2, 0.25) is 0 Å². The number of methoxy groups -OCH3 is 2. The van der Waals surface area contributed by atoms with Crippen molar-refractivity contribution in [2.45, 2.75) is 18.1 Å². The average Bonchev–Trinajstić information content (AvgIpc) is 2.79. The summed E-state index contributed by atoms with van der Waals surface area (Å²) in [4.78, 5) is 36.8. The summed E-state index contributed by atoms with van der Waals surface area (Å²) in [5.74, 6) is -1.99. The van der Waals surface area contributed by atoms with Crippen LogP contribution in [0.4, 0.5) is 0 Å². The Balaban J connectivity index is 2.44. The number of nitrogens with zero attached hydrogens (tertiary/aromatic N) is 1. The van der Waals surface area contributed by atoms with Gasteiger partial charge in [0.25, 0.3) is 0 Å². The van der Waals surface area contributed by atoms with E-state index in [0.717, 1.165) is 12.0 Å². The van der Waals surface area contributed by atoms with Crippen LogP contribution in [0, 0.1) is 0 Å². The Bertz CT molecular complexity index is 587. The molecule has 0 radical (unpaired) electrons. The van der Waals surface area contributed by atoms with Crippen LogP contribution in [0.25, 0.3) is 0 Å². The zero-order chi connectivity index (χ0) is 16.3. The van der Waals surface area contributed by atoms with E-state index in [1.165, 1.54) is 7.11 Å². The molecule has 0 bridgehead atoms. The van der Waals surface area contributed by atoms with Gasteiger partial charge >= 0.3 is 11.9 Å². The van der Waals surface area contributed by atoms with Crippen LogP contribution in [-0.4, -0.2) is 54.7 Å². The maximum atomic E-state index is 12.2. The Hall–Kier alpha value is -2.41. The molecule has 1 aliphatic heterocycles. The highest BCUT2D eigenvalue weighted by atomic mass is 16.5. The third kappa shape index (κ3) is 2.67. The molecule has 1 aromatic rings. The molecule has 0 aromatic heterocycles. The molecule has 118 valence electrons. The second-order valence-corrected chi connectivity index (χ2v) is 4.99. The minimum atomic E-state index is -1.75. The van der Waals surface area contributed by atoms with Crippen molar-refractivity contribution in [3.63, 3.8) is 0 Å². The predicted octanol–water partition coefficient (Wildman–Crippen LogP) is -0.179. The van der Waals surface area contributed by atoms with Gasteiger partial charge in [-0.1, -0.05) is 30.3 Å². The SMILES string of the molecule is COC(=O)CN1C(=O)CC(O)(c2ccccc2)C1C(=O)OC. The van der Waals surface area contributed by atoms with E-state index in [1.54, 1.807) is 30.3 Å². The average molecular weight is 307 g/mol. The van der Waals surface area contributed by atoms with Crippen LogP contribution < -0.4 is 0 Å². The lowest BCUT2D eigenvalue weighted by Crippen LogP contribution is -2.50. The van der Waals surface area contributed by atoms with E-state index < -0.39 is 36.0 Å². The molecule has 1 N–H and O–H groups in total. The summed E-state index contributed by atoms with van der Waals surface area (Å²) >= 11 is 0. The Kier molecular flexibility index (Phi) is 4.46. The van der Waals surface area contributed by atoms with Crippen LogP contribution in [0.1, 0.15) is 12.0 Å². The Morgan fingerprint density at radius 2 is 1.91 bits per heavy atom. The van der Waals surface area contributed by atoms with Gasteiger partial charge in [0.2, 0.25) is 5.91 Å². The quantitative estimate of drug-likeness (QED) is 0.776. The third-order valence-electron chi connectivity index (χ3n) is 3.73. The van der Waals surface area contributed by atoms with Gasteiger partial charge in [0.05, 0.1) is 20.6 Å². The molecular weight excluding hydrogens is 290 g/mol. The summed E-state index contributed by atoms with van der Waals surface area (Å²) in [6.07, 6.45) is -0.312.